The number of hydrogen-bond acceptors (Lipinski definition) is 3. The van der Waals surface area contributed by atoms with Crippen LogP contribution in [0, 0.1) is 0 Å². The van der Waals surface area contributed by atoms with E-state index in [9.17, 15) is 18.0 Å². The molecule has 122 valence electrons. The highest BCUT2D eigenvalue weighted by atomic mass is 19.4. The van der Waals surface area contributed by atoms with Crippen molar-refractivity contribution in [2.75, 3.05) is 0 Å². The maximum Gasteiger partial charge on any atom is 0.419 e. The summed E-state index contributed by atoms with van der Waals surface area (Å²) in [6.45, 7) is 1.64. The number of nitrogens with zero attached hydrogens (tertiary/aromatic N) is 1. The lowest BCUT2D eigenvalue weighted by Crippen LogP contribution is -2.36. The van der Waals surface area contributed by atoms with E-state index in [2.05, 4.69) is 10.3 Å². The van der Waals surface area contributed by atoms with Gasteiger partial charge in [0, 0.05) is 18.9 Å². The van der Waals surface area contributed by atoms with Gasteiger partial charge in [-0.1, -0.05) is 12.1 Å². The van der Waals surface area contributed by atoms with E-state index in [0.717, 1.165) is 11.6 Å². The lowest BCUT2D eigenvalue weighted by Gasteiger charge is -2.18. The highest BCUT2D eigenvalue weighted by molar-refractivity contribution is 5.80. The van der Waals surface area contributed by atoms with Crippen LogP contribution in [0.25, 0.3) is 0 Å². The van der Waals surface area contributed by atoms with Crippen molar-refractivity contribution >= 4 is 5.91 Å². The van der Waals surface area contributed by atoms with Crippen LogP contribution in [-0.4, -0.2) is 17.0 Å². The third-order valence-electron chi connectivity index (χ3n) is 3.08. The van der Waals surface area contributed by atoms with Crippen molar-refractivity contribution in [1.82, 2.24) is 10.3 Å². The largest absolute Gasteiger partial charge is 0.480 e. The van der Waals surface area contributed by atoms with Gasteiger partial charge >= 0.3 is 6.18 Å². The Balaban J connectivity index is 1.99. The summed E-state index contributed by atoms with van der Waals surface area (Å²) in [5.41, 5.74) is -0.0787. The van der Waals surface area contributed by atoms with E-state index >= 15 is 0 Å². The first-order valence-corrected chi connectivity index (χ1v) is 6.87. The molecule has 1 atom stereocenters. The van der Waals surface area contributed by atoms with Crippen LogP contribution in [0.2, 0.25) is 0 Å². The van der Waals surface area contributed by atoms with Gasteiger partial charge < -0.3 is 10.1 Å². The fraction of sp³-hybridized carbons (Fsp3) is 0.250. The first-order valence-electron chi connectivity index (χ1n) is 6.87. The first-order chi connectivity index (χ1) is 10.9. The summed E-state index contributed by atoms with van der Waals surface area (Å²) in [6, 6.07) is 8.25. The molecule has 0 aliphatic heterocycles. The standard InChI is InChI=1S/C16H15F3N2O2/c1-11(15(22)21-10-12-6-8-20-9-7-12)23-14-5-3-2-4-13(14)16(17,18)19/h2-9,11H,10H2,1H3,(H,21,22)/t11-/m0/s1. The molecule has 0 fully saturated rings. The smallest absolute Gasteiger partial charge is 0.419 e. The molecule has 2 aromatic rings. The lowest BCUT2D eigenvalue weighted by atomic mass is 10.2. The van der Waals surface area contributed by atoms with Gasteiger partial charge in [0.2, 0.25) is 0 Å². The van der Waals surface area contributed by atoms with Crippen molar-refractivity contribution in [3.63, 3.8) is 0 Å². The van der Waals surface area contributed by atoms with E-state index in [1.165, 1.54) is 25.1 Å². The van der Waals surface area contributed by atoms with Gasteiger partial charge in [0.15, 0.2) is 6.10 Å². The first kappa shape index (κ1) is 16.8. The predicted molar refractivity (Wildman–Crippen MR) is 77.6 cm³/mol. The zero-order valence-electron chi connectivity index (χ0n) is 12.3. The number of rotatable bonds is 5. The summed E-state index contributed by atoms with van der Waals surface area (Å²) in [7, 11) is 0. The van der Waals surface area contributed by atoms with Crippen LogP contribution < -0.4 is 10.1 Å². The van der Waals surface area contributed by atoms with Gasteiger partial charge in [-0.15, -0.1) is 0 Å². The minimum Gasteiger partial charge on any atom is -0.480 e. The van der Waals surface area contributed by atoms with Gasteiger partial charge in [0.1, 0.15) is 5.75 Å². The normalized spacial score (nSPS) is 12.5. The van der Waals surface area contributed by atoms with Crippen LogP contribution in [0.3, 0.4) is 0 Å². The summed E-state index contributed by atoms with van der Waals surface area (Å²) >= 11 is 0. The number of pyridine rings is 1. The lowest BCUT2D eigenvalue weighted by molar-refractivity contribution is -0.140. The SMILES string of the molecule is C[C@H](Oc1ccccc1C(F)(F)F)C(=O)NCc1ccncc1. The molecule has 2 rings (SSSR count). The highest BCUT2D eigenvalue weighted by Crippen LogP contribution is 2.36. The minimum absolute atomic E-state index is 0.246. The number of nitrogens with one attached hydrogen (secondary N) is 1. The Bertz CT molecular complexity index is 660. The number of carbonyl (C=O) groups excluding carboxylic acids is 1. The van der Waals surface area contributed by atoms with Crippen molar-refractivity contribution in [3.05, 3.63) is 59.9 Å². The summed E-state index contributed by atoms with van der Waals surface area (Å²) in [6.07, 6.45) is -2.42. The molecule has 0 saturated carbocycles. The summed E-state index contributed by atoms with van der Waals surface area (Å²) in [5.74, 6) is -0.870. The van der Waals surface area contributed by atoms with Crippen molar-refractivity contribution in [3.8, 4) is 5.75 Å². The summed E-state index contributed by atoms with van der Waals surface area (Å²) in [4.78, 5) is 15.8. The number of carbonyl (C=O) groups is 1. The molecular weight excluding hydrogens is 309 g/mol. The Morgan fingerprint density at radius 2 is 1.87 bits per heavy atom. The molecule has 0 saturated heterocycles. The van der Waals surface area contributed by atoms with E-state index in [-0.39, 0.29) is 12.3 Å². The van der Waals surface area contributed by atoms with Crippen molar-refractivity contribution in [2.24, 2.45) is 0 Å². The number of alkyl halides is 3. The van der Waals surface area contributed by atoms with E-state index in [4.69, 9.17) is 4.74 Å². The van der Waals surface area contributed by atoms with Gasteiger partial charge in [0.25, 0.3) is 5.91 Å². The second kappa shape index (κ2) is 7.13. The molecule has 23 heavy (non-hydrogen) atoms. The van der Waals surface area contributed by atoms with Crippen LogP contribution in [0.5, 0.6) is 5.75 Å². The second-order valence-electron chi connectivity index (χ2n) is 4.83. The molecule has 1 aromatic heterocycles. The topological polar surface area (TPSA) is 51.2 Å². The number of ether oxygens (including phenoxy) is 1. The number of hydrogen-bond donors (Lipinski definition) is 1. The minimum atomic E-state index is -4.54. The molecule has 1 heterocycles. The number of benzene rings is 1. The maximum atomic E-state index is 12.9. The average Bonchev–Trinajstić information content (AvgIpc) is 2.53. The number of amides is 1. The molecule has 4 nitrogen and oxygen atoms in total. The quantitative estimate of drug-likeness (QED) is 0.919. The molecule has 1 aromatic carbocycles. The number of para-hydroxylation sites is 1. The molecule has 7 heteroatoms. The van der Waals surface area contributed by atoms with Crippen molar-refractivity contribution in [1.29, 1.82) is 0 Å². The zero-order chi connectivity index (χ0) is 16.9. The van der Waals surface area contributed by atoms with Crippen molar-refractivity contribution in [2.45, 2.75) is 25.7 Å². The maximum absolute atomic E-state index is 12.9. The molecule has 0 radical (unpaired) electrons. The van der Waals surface area contributed by atoms with Gasteiger partial charge in [-0.2, -0.15) is 13.2 Å². The van der Waals surface area contributed by atoms with Gasteiger partial charge in [-0.25, -0.2) is 0 Å². The van der Waals surface area contributed by atoms with Gasteiger partial charge in [0.05, 0.1) is 5.56 Å². The molecule has 0 unspecified atom stereocenters. The molecule has 0 bridgehead atoms. The Labute approximate surface area is 131 Å². The Morgan fingerprint density at radius 1 is 1.22 bits per heavy atom. The fourth-order valence-electron chi connectivity index (χ4n) is 1.88. The third-order valence-corrected chi connectivity index (χ3v) is 3.08. The van der Waals surface area contributed by atoms with Gasteiger partial charge in [-0.3, -0.25) is 9.78 Å². The molecule has 1 N–H and O–H groups in total. The molecule has 0 aliphatic carbocycles. The Hall–Kier alpha value is -2.57. The van der Waals surface area contributed by atoms with Crippen LogP contribution in [0.4, 0.5) is 13.2 Å². The second-order valence-corrected chi connectivity index (χ2v) is 4.83. The summed E-state index contributed by atoms with van der Waals surface area (Å²) < 4.78 is 43.8. The van der Waals surface area contributed by atoms with E-state index in [1.807, 2.05) is 0 Å². The van der Waals surface area contributed by atoms with E-state index in [0.29, 0.717) is 0 Å². The van der Waals surface area contributed by atoms with Crippen molar-refractivity contribution < 1.29 is 22.7 Å². The molecular formula is C16H15F3N2O2. The fourth-order valence-corrected chi connectivity index (χ4v) is 1.88. The third kappa shape index (κ3) is 4.70. The zero-order valence-corrected chi connectivity index (χ0v) is 12.3. The number of halogens is 3. The molecule has 0 spiro atoms. The van der Waals surface area contributed by atoms with E-state index < -0.39 is 23.8 Å². The Kier molecular flexibility index (Phi) is 5.20. The van der Waals surface area contributed by atoms with Crippen LogP contribution >= 0.6 is 0 Å². The highest BCUT2D eigenvalue weighted by Gasteiger charge is 2.34. The van der Waals surface area contributed by atoms with Crippen LogP contribution in [0.15, 0.2) is 48.8 Å². The van der Waals surface area contributed by atoms with Crippen LogP contribution in [0.1, 0.15) is 18.1 Å². The molecule has 0 aliphatic rings. The average molecular weight is 324 g/mol. The predicted octanol–water partition coefficient (Wildman–Crippen LogP) is 3.18. The van der Waals surface area contributed by atoms with Gasteiger partial charge in [-0.05, 0) is 36.8 Å². The monoisotopic (exact) mass is 324 g/mol. The van der Waals surface area contributed by atoms with E-state index in [1.54, 1.807) is 24.5 Å². The molecule has 1 amide bonds. The van der Waals surface area contributed by atoms with Crippen LogP contribution in [-0.2, 0) is 17.5 Å². The number of aromatic nitrogens is 1. The Morgan fingerprint density at radius 3 is 2.52 bits per heavy atom. The summed E-state index contributed by atoms with van der Waals surface area (Å²) in [5, 5.41) is 2.60.